The first-order valence-corrected chi connectivity index (χ1v) is 17.3. The predicted molar refractivity (Wildman–Crippen MR) is 160 cm³/mol. The third kappa shape index (κ3) is 10.2. The summed E-state index contributed by atoms with van der Waals surface area (Å²) in [6, 6.07) is 0. The highest BCUT2D eigenvalue weighted by molar-refractivity contribution is 6.74. The van der Waals surface area contributed by atoms with Gasteiger partial charge in [0, 0.05) is 7.11 Å². The second kappa shape index (κ2) is 15.0. The molecule has 210 valence electrons. The number of allylic oxidation sites excluding steroid dienone is 6. The van der Waals surface area contributed by atoms with Gasteiger partial charge >= 0.3 is 0 Å². The molecule has 0 spiro atoms. The highest BCUT2D eigenvalue weighted by Gasteiger charge is 2.49. The van der Waals surface area contributed by atoms with E-state index in [1.54, 1.807) is 7.11 Å². The van der Waals surface area contributed by atoms with Crippen molar-refractivity contribution in [2.75, 3.05) is 13.9 Å². The van der Waals surface area contributed by atoms with Crippen LogP contribution in [-0.4, -0.2) is 34.4 Å². The Balaban J connectivity index is 2.95. The van der Waals surface area contributed by atoms with Crippen molar-refractivity contribution >= 4 is 8.32 Å². The zero-order chi connectivity index (χ0) is 27.7. The van der Waals surface area contributed by atoms with Crippen molar-refractivity contribution in [3.8, 4) is 0 Å². The van der Waals surface area contributed by atoms with E-state index in [0.29, 0.717) is 30.5 Å². The van der Waals surface area contributed by atoms with Gasteiger partial charge in [0.2, 0.25) is 0 Å². The third-order valence-corrected chi connectivity index (χ3v) is 13.4. The zero-order valence-electron chi connectivity index (χ0n) is 26.2. The minimum Gasteiger partial charge on any atom is -0.413 e. The highest BCUT2D eigenvalue weighted by Crippen LogP contribution is 2.47. The standard InChI is InChI=1S/C32H60O3Si/c1-23(2)16-14-17-24(3)18-15-19-25(4)20-21-29-28(7)30(35-36(12,13)32(8,9)10)26(5)27(6)31(29)34-22-33-11/h16,18,20,26-31H,14-15,17,19,21-22H2,1-13H3/b24-18+,25-20+/t26-,27+,28+,29+,30+,31-/m0/s1. The van der Waals surface area contributed by atoms with Crippen LogP contribution in [0.15, 0.2) is 34.9 Å². The van der Waals surface area contributed by atoms with Gasteiger partial charge in [-0.1, -0.05) is 76.5 Å². The van der Waals surface area contributed by atoms with E-state index in [1.807, 2.05) is 0 Å². The van der Waals surface area contributed by atoms with E-state index < -0.39 is 8.32 Å². The van der Waals surface area contributed by atoms with Gasteiger partial charge in [0.25, 0.3) is 0 Å². The van der Waals surface area contributed by atoms with E-state index >= 15 is 0 Å². The van der Waals surface area contributed by atoms with E-state index in [0.717, 1.165) is 32.1 Å². The molecule has 0 aromatic heterocycles. The summed E-state index contributed by atoms with van der Waals surface area (Å²) >= 11 is 0. The number of hydrogen-bond donors (Lipinski definition) is 0. The summed E-state index contributed by atoms with van der Waals surface area (Å²) in [6.07, 6.45) is 13.3. The zero-order valence-corrected chi connectivity index (χ0v) is 27.2. The molecule has 0 bridgehead atoms. The van der Waals surface area contributed by atoms with Crippen LogP contribution in [-0.2, 0) is 13.9 Å². The number of methoxy groups -OCH3 is 1. The fourth-order valence-electron chi connectivity index (χ4n) is 5.19. The molecule has 6 atom stereocenters. The molecule has 1 aliphatic rings. The molecular weight excluding hydrogens is 460 g/mol. The number of hydrogen-bond acceptors (Lipinski definition) is 3. The lowest BCUT2D eigenvalue weighted by Crippen LogP contribution is -2.56. The molecule has 36 heavy (non-hydrogen) atoms. The minimum absolute atomic E-state index is 0.190. The van der Waals surface area contributed by atoms with Crippen molar-refractivity contribution in [1.29, 1.82) is 0 Å². The molecule has 1 rings (SSSR count). The van der Waals surface area contributed by atoms with Gasteiger partial charge in [-0.2, -0.15) is 0 Å². The van der Waals surface area contributed by atoms with Gasteiger partial charge in [-0.05, 0) is 102 Å². The molecule has 0 aromatic carbocycles. The maximum Gasteiger partial charge on any atom is 0.192 e. The number of rotatable bonds is 13. The van der Waals surface area contributed by atoms with Gasteiger partial charge < -0.3 is 13.9 Å². The van der Waals surface area contributed by atoms with Crippen LogP contribution in [0.25, 0.3) is 0 Å². The van der Waals surface area contributed by atoms with E-state index in [-0.39, 0.29) is 17.2 Å². The van der Waals surface area contributed by atoms with E-state index in [9.17, 15) is 0 Å². The maximum absolute atomic E-state index is 7.09. The molecule has 0 radical (unpaired) electrons. The van der Waals surface area contributed by atoms with E-state index in [1.165, 1.54) is 16.7 Å². The quantitative estimate of drug-likeness (QED) is 0.137. The second-order valence-corrected chi connectivity index (χ2v) is 18.1. The van der Waals surface area contributed by atoms with E-state index in [4.69, 9.17) is 13.9 Å². The molecule has 0 aliphatic heterocycles. The van der Waals surface area contributed by atoms with Crippen molar-refractivity contribution in [2.45, 2.75) is 132 Å². The van der Waals surface area contributed by atoms with Gasteiger partial charge in [-0.3, -0.25) is 0 Å². The third-order valence-electron chi connectivity index (χ3n) is 8.96. The van der Waals surface area contributed by atoms with Crippen molar-refractivity contribution in [3.63, 3.8) is 0 Å². The molecule has 0 saturated heterocycles. The summed E-state index contributed by atoms with van der Waals surface area (Å²) in [5.41, 5.74) is 4.39. The van der Waals surface area contributed by atoms with Crippen LogP contribution in [0.3, 0.4) is 0 Å². The van der Waals surface area contributed by atoms with Gasteiger partial charge in [0.1, 0.15) is 6.79 Å². The highest BCUT2D eigenvalue weighted by atomic mass is 28.4. The molecule has 0 heterocycles. The van der Waals surface area contributed by atoms with Gasteiger partial charge in [0.05, 0.1) is 12.2 Å². The lowest BCUT2D eigenvalue weighted by atomic mass is 9.65. The van der Waals surface area contributed by atoms with Crippen LogP contribution in [0.2, 0.25) is 18.1 Å². The van der Waals surface area contributed by atoms with Gasteiger partial charge in [-0.15, -0.1) is 0 Å². The average molecular weight is 521 g/mol. The molecule has 1 fully saturated rings. The molecule has 0 N–H and O–H groups in total. The van der Waals surface area contributed by atoms with Crippen molar-refractivity contribution in [1.82, 2.24) is 0 Å². The number of ether oxygens (including phenoxy) is 2. The van der Waals surface area contributed by atoms with Crippen LogP contribution >= 0.6 is 0 Å². The molecule has 4 heteroatoms. The van der Waals surface area contributed by atoms with Gasteiger partial charge in [-0.25, -0.2) is 0 Å². The monoisotopic (exact) mass is 520 g/mol. The summed E-state index contributed by atoms with van der Waals surface area (Å²) in [5, 5.41) is 0.211. The molecule has 1 saturated carbocycles. The maximum atomic E-state index is 7.09. The average Bonchev–Trinajstić information content (AvgIpc) is 2.76. The van der Waals surface area contributed by atoms with Crippen LogP contribution in [0.5, 0.6) is 0 Å². The first kappa shape index (κ1) is 33.3. The first-order chi connectivity index (χ1) is 16.6. The molecule has 1 aliphatic carbocycles. The molecule has 0 unspecified atom stereocenters. The van der Waals surface area contributed by atoms with E-state index in [2.05, 4.69) is 101 Å². The largest absolute Gasteiger partial charge is 0.413 e. The molecule has 0 amide bonds. The Hall–Kier alpha value is -0.683. The SMILES string of the molecule is COCO[C@H]1[C@H](C)[C@H](C)[C@@H](O[Si](C)(C)C(C)(C)C)[C@H](C)[C@H]1C/C=C(\C)CC/C=C(\C)CCC=C(C)C. The predicted octanol–water partition coefficient (Wildman–Crippen LogP) is 9.71. The summed E-state index contributed by atoms with van der Waals surface area (Å²) in [5.74, 6) is 1.75. The summed E-state index contributed by atoms with van der Waals surface area (Å²) in [4.78, 5) is 0. The Labute approximate surface area is 226 Å². The topological polar surface area (TPSA) is 27.7 Å². The first-order valence-electron chi connectivity index (χ1n) is 14.3. The summed E-state index contributed by atoms with van der Waals surface area (Å²) in [7, 11) is -0.143. The van der Waals surface area contributed by atoms with Crippen LogP contribution in [0.4, 0.5) is 0 Å². The smallest absolute Gasteiger partial charge is 0.192 e. The fourth-order valence-corrected chi connectivity index (χ4v) is 6.65. The second-order valence-electron chi connectivity index (χ2n) is 13.3. The minimum atomic E-state index is -1.86. The van der Waals surface area contributed by atoms with Gasteiger partial charge in [0.15, 0.2) is 8.32 Å². The Morgan fingerprint density at radius 2 is 1.31 bits per heavy atom. The van der Waals surface area contributed by atoms with Crippen LogP contribution in [0, 0.1) is 23.7 Å². The molecular formula is C32H60O3Si. The molecule has 3 nitrogen and oxygen atoms in total. The van der Waals surface area contributed by atoms with Crippen molar-refractivity contribution in [2.24, 2.45) is 23.7 Å². The fraction of sp³-hybridized carbons (Fsp3) is 0.812. The van der Waals surface area contributed by atoms with Crippen LogP contribution < -0.4 is 0 Å². The van der Waals surface area contributed by atoms with Crippen molar-refractivity contribution in [3.05, 3.63) is 34.9 Å². The van der Waals surface area contributed by atoms with Crippen LogP contribution in [0.1, 0.15) is 101 Å². The lowest BCUT2D eigenvalue weighted by molar-refractivity contribution is -0.165. The Morgan fingerprint density at radius 1 is 0.778 bits per heavy atom. The molecule has 0 aromatic rings. The van der Waals surface area contributed by atoms with Crippen molar-refractivity contribution < 1.29 is 13.9 Å². The summed E-state index contributed by atoms with van der Waals surface area (Å²) in [6.45, 7) is 28.2. The lowest BCUT2D eigenvalue weighted by Gasteiger charge is -2.52. The summed E-state index contributed by atoms with van der Waals surface area (Å²) < 4.78 is 18.8. The normalized spacial score (nSPS) is 28.4. The Morgan fingerprint density at radius 3 is 1.83 bits per heavy atom. The Bertz CT molecular complexity index is 739. The Kier molecular flexibility index (Phi) is 13.9.